The number of halogens is 8. The number of carbonyl (C=O) groups is 8. The Morgan fingerprint density at radius 3 is 1.18 bits per heavy atom. The summed E-state index contributed by atoms with van der Waals surface area (Å²) in [5, 5.41) is 37.4. The Labute approximate surface area is 679 Å². The molecule has 19 nitrogen and oxygen atoms in total. The third-order valence-corrected chi connectivity index (χ3v) is 21.7. The zero-order valence-electron chi connectivity index (χ0n) is 60.4. The fraction of sp³-hybridized carbons (Fsp3) is 0.235. The van der Waals surface area contributed by atoms with Crippen LogP contribution in [0.1, 0.15) is 95.8 Å². The molecule has 12 aromatic rings. The number of rotatable bonds is 29. The number of carbonyl (C=O) groups excluding carboxylic acids is 6. The van der Waals surface area contributed by atoms with Crippen LogP contribution >= 0.6 is 91.8 Å². The number of hydrogen-bond acceptors (Lipinski definition) is 16. The minimum atomic E-state index is -1.02. The minimum Gasteiger partial charge on any atom is -0.481 e. The maximum absolute atomic E-state index is 14.2. The highest BCUT2D eigenvalue weighted by Crippen LogP contribution is 2.26. The predicted molar refractivity (Wildman–Crippen MR) is 436 cm³/mol. The number of thiophene rings is 4. The van der Waals surface area contributed by atoms with E-state index in [1.807, 2.05) is 77.0 Å². The lowest BCUT2D eigenvalue weighted by molar-refractivity contribution is -0.141. The lowest BCUT2D eigenvalue weighted by Gasteiger charge is -2.18. The molecule has 0 aliphatic heterocycles. The zero-order chi connectivity index (χ0) is 81.6. The molecular weight excluding hydrogens is 1610 g/mol. The summed E-state index contributed by atoms with van der Waals surface area (Å²) in [6.45, 7) is 3.34. The van der Waals surface area contributed by atoms with Crippen molar-refractivity contribution in [1.82, 2.24) is 24.9 Å². The van der Waals surface area contributed by atoms with Gasteiger partial charge in [0.2, 0.25) is 5.91 Å². The summed E-state index contributed by atoms with van der Waals surface area (Å²) in [4.78, 5) is 98.3. The standard InChI is InChI=1S/C25H22ClFN4O3S.C16H16ClFOS.C15H15ClFNOS.C10H9N3O3.C8H10O2S.C7H7ClFN/c26-18-8-3-5-15(23(18)27)10-11-21(32)19(13-16-6-4-12-35-16)29-22(33)14-31-20-9-2-1-7-17(20)24(30-31)25(28)34;1-11(10-13-5-3-9-20-13)15(19)8-7-12-4-2-6-14(17)16(12)18;16-12-5-1-3-10(15(12)17)6-7-14(19)13(18)9-11-4-2-8-20-11;11-10(16)9-6-3-1-2-4-7(6)13(12-9)5-8(14)15;1-6(8(9)10)5-7-3-2-4-11-7;8-6-3-1-2-5(4-10)7(6)9/h1-9,12,19H,10-11,13-14H2,(H2,28,34)(H,29,33);2-6,9,11H,7-8,10H2,1H3;1-5,8,13H,6-7,9,18H2;1-4H,5H2,(H2,11,16)(H,14,15);2-4,6H,5H2,1H3,(H,9,10);1-3H,4,10H2/t19-;11-;13-;;6-;/m000.0./s1. The van der Waals surface area contributed by atoms with E-state index in [9.17, 15) is 55.9 Å². The number of aliphatic carboxylic acids is 2. The second-order valence-electron chi connectivity index (χ2n) is 25.1. The van der Waals surface area contributed by atoms with Gasteiger partial charge in [-0.15, -0.1) is 45.3 Å². The molecule has 0 spiro atoms. The SMILES string of the molecule is C[C@@H](Cc1cccs1)C(=O)CCc1cccc(Cl)c1F.C[C@@H](Cc1cccs1)C(=O)O.NC(=O)c1nn(CC(=O)N[C@@H](Cc2cccs2)C(=O)CCc2cccc(Cl)c2F)c2ccccc12.NC(=O)c1nn(CC(=O)O)c2ccccc12.NCc1cccc(Cl)c1F.N[C@@H](Cc1cccs1)C(=O)CCc1cccc(Cl)c1F. The number of Topliss-reactive ketones (excluding diaryl/α,β-unsaturated/α-hetero) is 3. The predicted octanol–water partition coefficient (Wildman–Crippen LogP) is 16.6. The van der Waals surface area contributed by atoms with Crippen molar-refractivity contribution in [1.29, 1.82) is 0 Å². The van der Waals surface area contributed by atoms with Gasteiger partial charge < -0.3 is 38.5 Å². The third-order valence-electron chi connectivity index (χ3n) is 16.9. The maximum Gasteiger partial charge on any atom is 0.325 e. The minimum absolute atomic E-state index is 0.000154. The van der Waals surface area contributed by atoms with Crippen LogP contribution in [0.2, 0.25) is 20.1 Å². The first kappa shape index (κ1) is 89.4. The molecule has 0 fully saturated rings. The molecule has 4 atom stereocenters. The highest BCUT2D eigenvalue weighted by molar-refractivity contribution is 7.10. The summed E-state index contributed by atoms with van der Waals surface area (Å²) in [5.74, 6) is -5.79. The first-order valence-corrected chi connectivity index (χ1v) is 39.7. The van der Waals surface area contributed by atoms with E-state index in [-0.39, 0.29) is 99.6 Å². The normalized spacial score (nSPS) is 11.8. The van der Waals surface area contributed by atoms with E-state index < -0.39 is 65.0 Å². The van der Waals surface area contributed by atoms with Crippen LogP contribution < -0.4 is 28.3 Å². The Bertz CT molecular complexity index is 5020. The summed E-state index contributed by atoms with van der Waals surface area (Å²) in [6.07, 6.45) is 3.75. The van der Waals surface area contributed by atoms with Crippen molar-refractivity contribution in [2.24, 2.45) is 34.8 Å². The highest BCUT2D eigenvalue weighted by atomic mass is 35.5. The molecule has 6 heterocycles. The maximum atomic E-state index is 14.2. The van der Waals surface area contributed by atoms with E-state index in [0.29, 0.717) is 82.6 Å². The molecule has 31 heteroatoms. The topological polar surface area (TPSA) is 329 Å². The molecule has 6 aromatic heterocycles. The fourth-order valence-corrected chi connectivity index (χ4v) is 14.9. The number of aryl methyl sites for hydroxylation is 3. The largest absolute Gasteiger partial charge is 0.481 e. The number of nitrogens with zero attached hydrogens (tertiary/aromatic N) is 4. The Morgan fingerprint density at radius 2 is 0.804 bits per heavy atom. The number of aromatic nitrogens is 4. The molecule has 0 bridgehead atoms. The monoisotopic (exact) mass is 1680 g/mol. The molecule has 112 heavy (non-hydrogen) atoms. The van der Waals surface area contributed by atoms with E-state index in [1.54, 1.807) is 138 Å². The smallest absolute Gasteiger partial charge is 0.325 e. The lowest BCUT2D eigenvalue weighted by atomic mass is 9.96. The summed E-state index contributed by atoms with van der Waals surface area (Å²) < 4.78 is 57.1. The second-order valence-corrected chi connectivity index (χ2v) is 30.9. The van der Waals surface area contributed by atoms with Gasteiger partial charge in [0, 0.05) is 80.4 Å². The summed E-state index contributed by atoms with van der Waals surface area (Å²) in [5.41, 5.74) is 24.8. The van der Waals surface area contributed by atoms with E-state index >= 15 is 0 Å². The summed E-state index contributed by atoms with van der Waals surface area (Å²) in [6, 6.07) is 47.2. The van der Waals surface area contributed by atoms with Crippen LogP contribution in [0, 0.1) is 35.1 Å². The van der Waals surface area contributed by atoms with Gasteiger partial charge in [0.1, 0.15) is 47.9 Å². The summed E-state index contributed by atoms with van der Waals surface area (Å²) >= 11 is 29.1. The zero-order valence-corrected chi connectivity index (χ0v) is 66.7. The molecular formula is C81H79Cl4F4N9O10S4. The summed E-state index contributed by atoms with van der Waals surface area (Å²) in [7, 11) is 0. The Morgan fingerprint density at radius 1 is 0.446 bits per heavy atom. The number of nitrogens with one attached hydrogen (secondary N) is 1. The van der Waals surface area contributed by atoms with E-state index in [4.69, 9.17) is 79.6 Å². The van der Waals surface area contributed by atoms with Crippen LogP contribution in [0.15, 0.2) is 191 Å². The fourth-order valence-electron chi connectivity index (χ4n) is 11.0. The molecule has 11 N–H and O–H groups in total. The van der Waals surface area contributed by atoms with Crippen LogP contribution in [0.25, 0.3) is 21.8 Å². The number of nitrogens with two attached hydrogens (primary N) is 4. The van der Waals surface area contributed by atoms with Gasteiger partial charge in [0.15, 0.2) is 17.2 Å². The highest BCUT2D eigenvalue weighted by Gasteiger charge is 2.25. The average molecular weight is 1680 g/mol. The number of ketones is 3. The molecule has 12 rings (SSSR count). The molecule has 6 aromatic carbocycles. The molecule has 0 radical (unpaired) electrons. The van der Waals surface area contributed by atoms with Crippen molar-refractivity contribution in [3.05, 3.63) is 288 Å². The van der Waals surface area contributed by atoms with Gasteiger partial charge in [-0.1, -0.05) is 169 Å². The van der Waals surface area contributed by atoms with Crippen molar-refractivity contribution in [2.45, 2.75) is 110 Å². The molecule has 588 valence electrons. The number of carboxylic acids is 2. The Hall–Kier alpha value is -9.78. The van der Waals surface area contributed by atoms with E-state index in [1.165, 1.54) is 49.8 Å². The van der Waals surface area contributed by atoms with Crippen molar-refractivity contribution >= 4 is 161 Å². The van der Waals surface area contributed by atoms with Crippen molar-refractivity contribution in [3.63, 3.8) is 0 Å². The van der Waals surface area contributed by atoms with Crippen LogP contribution in [-0.4, -0.2) is 88.9 Å². The Kier molecular flexibility index (Phi) is 36.0. The van der Waals surface area contributed by atoms with Gasteiger partial charge >= 0.3 is 11.9 Å². The number of amides is 3. The van der Waals surface area contributed by atoms with E-state index in [0.717, 1.165) is 21.1 Å². The molecule has 3 amide bonds. The van der Waals surface area contributed by atoms with Crippen molar-refractivity contribution in [2.75, 3.05) is 0 Å². The molecule has 0 aliphatic carbocycles. The van der Waals surface area contributed by atoms with Gasteiger partial charge in [-0.3, -0.25) is 47.7 Å². The number of primary amides is 2. The number of fused-ring (bicyclic) bond motifs is 2. The van der Waals surface area contributed by atoms with Gasteiger partial charge in [-0.2, -0.15) is 10.2 Å². The van der Waals surface area contributed by atoms with Gasteiger partial charge in [0.25, 0.3) is 11.8 Å². The molecule has 0 saturated heterocycles. The molecule has 0 aliphatic rings. The molecule has 0 unspecified atom stereocenters. The number of para-hydroxylation sites is 2. The number of carboxylic acid groups (broad SMARTS) is 2. The van der Waals surface area contributed by atoms with Crippen molar-refractivity contribution in [3.8, 4) is 0 Å². The number of hydrogen-bond donors (Lipinski definition) is 7. The van der Waals surface area contributed by atoms with E-state index in [2.05, 4.69) is 15.5 Å². The average Bonchev–Trinajstić information content (AvgIpc) is 1.65. The van der Waals surface area contributed by atoms with Crippen LogP contribution in [0.4, 0.5) is 17.6 Å². The first-order valence-electron chi connectivity index (χ1n) is 34.6. The quantitative estimate of drug-likeness (QED) is 0.0214. The third kappa shape index (κ3) is 27.6. The van der Waals surface area contributed by atoms with Crippen molar-refractivity contribution < 1.29 is 66.1 Å². The second kappa shape index (κ2) is 45.1. The van der Waals surface area contributed by atoms with Crippen LogP contribution in [-0.2, 0) is 93.3 Å². The first-order chi connectivity index (χ1) is 53.5. The number of benzene rings is 6. The van der Waals surface area contributed by atoms with Crippen LogP contribution in [0.5, 0.6) is 0 Å². The van der Waals surface area contributed by atoms with Gasteiger partial charge in [0.05, 0.1) is 49.1 Å². The van der Waals surface area contributed by atoms with Gasteiger partial charge in [-0.25, -0.2) is 17.6 Å². The molecule has 0 saturated carbocycles. The Balaban J connectivity index is 0.000000197. The van der Waals surface area contributed by atoms with Gasteiger partial charge in [-0.05, 0) is 131 Å². The lowest BCUT2D eigenvalue weighted by Crippen LogP contribution is -2.44. The van der Waals surface area contributed by atoms with Crippen LogP contribution in [0.3, 0.4) is 0 Å².